The lowest BCUT2D eigenvalue weighted by Gasteiger charge is -2.10. The van der Waals surface area contributed by atoms with Crippen LogP contribution in [0.15, 0.2) is 60.0 Å². The average Bonchev–Trinajstić information content (AvgIpc) is 3.37. The Labute approximate surface area is 192 Å². The van der Waals surface area contributed by atoms with Gasteiger partial charge in [-0.05, 0) is 68.4 Å². The summed E-state index contributed by atoms with van der Waals surface area (Å²) in [5, 5.41) is 4.66. The lowest BCUT2D eigenvalue weighted by Crippen LogP contribution is -2.21. The Morgan fingerprint density at radius 2 is 1.67 bits per heavy atom. The molecule has 168 valence electrons. The van der Waals surface area contributed by atoms with E-state index in [2.05, 4.69) is 10.3 Å². The largest absolute Gasteiger partial charge is 0.452 e. The Hall–Kier alpha value is -3.85. The number of ether oxygens (including phenoxy) is 1. The van der Waals surface area contributed by atoms with Crippen LogP contribution in [0, 0.1) is 25.5 Å². The highest BCUT2D eigenvalue weighted by molar-refractivity contribution is 7.14. The number of halogens is 2. The summed E-state index contributed by atoms with van der Waals surface area (Å²) >= 11 is 1.21. The molecule has 0 saturated carbocycles. The van der Waals surface area contributed by atoms with E-state index in [1.807, 2.05) is 11.5 Å². The van der Waals surface area contributed by atoms with Crippen LogP contribution >= 0.6 is 11.3 Å². The molecule has 2 heterocycles. The first kappa shape index (κ1) is 22.3. The number of aryl methyl sites for hydroxylation is 1. The van der Waals surface area contributed by atoms with E-state index in [0.29, 0.717) is 27.8 Å². The van der Waals surface area contributed by atoms with Crippen LogP contribution in [0.25, 0.3) is 16.9 Å². The van der Waals surface area contributed by atoms with Crippen molar-refractivity contribution in [2.75, 3.05) is 11.9 Å². The fraction of sp³-hybridized carbons (Fsp3) is 0.125. The zero-order valence-electron chi connectivity index (χ0n) is 17.8. The van der Waals surface area contributed by atoms with Crippen LogP contribution in [-0.2, 0) is 9.53 Å². The maximum Gasteiger partial charge on any atom is 0.340 e. The van der Waals surface area contributed by atoms with E-state index in [4.69, 9.17) is 4.74 Å². The van der Waals surface area contributed by atoms with Crippen molar-refractivity contribution in [3.05, 3.63) is 88.6 Å². The summed E-state index contributed by atoms with van der Waals surface area (Å²) in [6, 6.07) is 13.4. The molecule has 0 spiro atoms. The lowest BCUT2D eigenvalue weighted by atomic mass is 10.2. The van der Waals surface area contributed by atoms with Crippen LogP contribution in [0.3, 0.4) is 0 Å². The Morgan fingerprint density at radius 3 is 2.33 bits per heavy atom. The number of nitrogens with zero attached hydrogens (tertiary/aromatic N) is 2. The van der Waals surface area contributed by atoms with Crippen LogP contribution in [0.1, 0.15) is 21.7 Å². The number of benzene rings is 2. The number of esters is 1. The van der Waals surface area contributed by atoms with Gasteiger partial charge in [-0.1, -0.05) is 0 Å². The van der Waals surface area contributed by atoms with Crippen LogP contribution < -0.4 is 5.32 Å². The molecule has 0 aliphatic carbocycles. The molecule has 6 nitrogen and oxygen atoms in total. The van der Waals surface area contributed by atoms with Gasteiger partial charge in [0.25, 0.3) is 5.91 Å². The molecule has 0 bridgehead atoms. The zero-order valence-corrected chi connectivity index (χ0v) is 18.6. The zero-order chi connectivity index (χ0) is 23.5. The topological polar surface area (TPSA) is 73.2 Å². The standard InChI is InChI=1S/C24H19F2N3O3S/c1-14-11-20(15(2)29(14)19-9-7-18(26)8-10-19)23(31)32-12-22(30)28-24-27-21(13-33-24)16-3-5-17(25)6-4-16/h3-11,13H,12H2,1-2H3,(H,27,28,30). The Kier molecular flexibility index (Phi) is 6.32. The van der Waals surface area contributed by atoms with Gasteiger partial charge in [0.05, 0.1) is 11.3 Å². The van der Waals surface area contributed by atoms with Crippen LogP contribution in [-0.4, -0.2) is 28.0 Å². The summed E-state index contributed by atoms with van der Waals surface area (Å²) in [7, 11) is 0. The third kappa shape index (κ3) is 4.98. The summed E-state index contributed by atoms with van der Waals surface area (Å²) in [6.07, 6.45) is 0. The first-order valence-electron chi connectivity index (χ1n) is 9.95. The molecule has 0 saturated heterocycles. The Balaban J connectivity index is 1.38. The number of carbonyl (C=O) groups excluding carboxylic acids is 2. The molecule has 0 atom stereocenters. The van der Waals surface area contributed by atoms with E-state index in [-0.39, 0.29) is 11.6 Å². The van der Waals surface area contributed by atoms with E-state index in [1.54, 1.807) is 42.6 Å². The van der Waals surface area contributed by atoms with Crippen LogP contribution in [0.4, 0.5) is 13.9 Å². The fourth-order valence-corrected chi connectivity index (χ4v) is 4.14. The summed E-state index contributed by atoms with van der Waals surface area (Å²) < 4.78 is 33.3. The fourth-order valence-electron chi connectivity index (χ4n) is 3.41. The maximum atomic E-state index is 13.2. The van der Waals surface area contributed by atoms with Gasteiger partial charge >= 0.3 is 5.97 Å². The molecule has 0 aliphatic heterocycles. The van der Waals surface area contributed by atoms with Crippen molar-refractivity contribution in [1.29, 1.82) is 0 Å². The first-order chi connectivity index (χ1) is 15.8. The average molecular weight is 467 g/mol. The summed E-state index contributed by atoms with van der Waals surface area (Å²) in [5.41, 5.74) is 3.73. The lowest BCUT2D eigenvalue weighted by molar-refractivity contribution is -0.119. The molecule has 2 aromatic carbocycles. The van der Waals surface area contributed by atoms with Crippen molar-refractivity contribution in [2.24, 2.45) is 0 Å². The van der Waals surface area contributed by atoms with Gasteiger partial charge in [0.15, 0.2) is 11.7 Å². The molecule has 1 N–H and O–H groups in total. The number of thiazole rings is 1. The van der Waals surface area contributed by atoms with Gasteiger partial charge in [-0.15, -0.1) is 11.3 Å². The molecule has 4 aromatic rings. The molecule has 33 heavy (non-hydrogen) atoms. The minimum Gasteiger partial charge on any atom is -0.452 e. The molecule has 0 aliphatic rings. The number of rotatable bonds is 6. The van der Waals surface area contributed by atoms with Crippen molar-refractivity contribution in [3.63, 3.8) is 0 Å². The molecular weight excluding hydrogens is 448 g/mol. The van der Waals surface area contributed by atoms with Crippen molar-refractivity contribution < 1.29 is 23.1 Å². The smallest absolute Gasteiger partial charge is 0.340 e. The Bertz CT molecular complexity index is 1310. The number of carbonyl (C=O) groups is 2. The van der Waals surface area contributed by atoms with E-state index >= 15 is 0 Å². The third-order valence-corrected chi connectivity index (χ3v) is 5.72. The van der Waals surface area contributed by atoms with Crippen molar-refractivity contribution >= 4 is 28.3 Å². The maximum absolute atomic E-state index is 13.2. The first-order valence-corrected chi connectivity index (χ1v) is 10.8. The van der Waals surface area contributed by atoms with Crippen LogP contribution in [0.5, 0.6) is 0 Å². The highest BCUT2D eigenvalue weighted by atomic mass is 32.1. The molecule has 0 unspecified atom stereocenters. The van der Waals surface area contributed by atoms with Crippen molar-refractivity contribution in [1.82, 2.24) is 9.55 Å². The summed E-state index contributed by atoms with van der Waals surface area (Å²) in [4.78, 5) is 29.1. The van der Waals surface area contributed by atoms with Gasteiger partial charge in [-0.2, -0.15) is 0 Å². The van der Waals surface area contributed by atoms with E-state index < -0.39 is 18.5 Å². The van der Waals surface area contributed by atoms with Crippen molar-refractivity contribution in [3.8, 4) is 16.9 Å². The van der Waals surface area contributed by atoms with Gasteiger partial charge in [-0.3, -0.25) is 10.1 Å². The van der Waals surface area contributed by atoms with Crippen LogP contribution in [0.2, 0.25) is 0 Å². The van der Waals surface area contributed by atoms with E-state index in [0.717, 1.165) is 11.3 Å². The number of nitrogens with one attached hydrogen (secondary N) is 1. The third-order valence-electron chi connectivity index (χ3n) is 4.96. The minimum absolute atomic E-state index is 0.317. The molecule has 4 rings (SSSR count). The molecule has 1 amide bonds. The van der Waals surface area contributed by atoms with Gasteiger partial charge in [0.2, 0.25) is 0 Å². The van der Waals surface area contributed by atoms with Gasteiger partial charge in [0, 0.05) is 28.0 Å². The second-order valence-electron chi connectivity index (χ2n) is 7.27. The molecule has 0 radical (unpaired) electrons. The second-order valence-corrected chi connectivity index (χ2v) is 8.12. The van der Waals surface area contributed by atoms with Gasteiger partial charge < -0.3 is 9.30 Å². The van der Waals surface area contributed by atoms with Crippen molar-refractivity contribution in [2.45, 2.75) is 13.8 Å². The number of anilines is 1. The predicted octanol–water partition coefficient (Wildman–Crippen LogP) is 5.29. The monoisotopic (exact) mass is 467 g/mol. The second kappa shape index (κ2) is 9.33. The molecule has 2 aromatic heterocycles. The molecular formula is C24H19F2N3O3S. The van der Waals surface area contributed by atoms with Gasteiger partial charge in [-0.25, -0.2) is 18.6 Å². The quantitative estimate of drug-likeness (QED) is 0.391. The molecule has 0 fully saturated rings. The predicted molar refractivity (Wildman–Crippen MR) is 122 cm³/mol. The highest BCUT2D eigenvalue weighted by Crippen LogP contribution is 2.25. The van der Waals surface area contributed by atoms with E-state index in [1.165, 1.54) is 35.6 Å². The van der Waals surface area contributed by atoms with E-state index in [9.17, 15) is 18.4 Å². The minimum atomic E-state index is -0.641. The normalized spacial score (nSPS) is 10.8. The SMILES string of the molecule is Cc1cc(C(=O)OCC(=O)Nc2nc(-c3ccc(F)cc3)cs2)c(C)n1-c1ccc(F)cc1. The van der Waals surface area contributed by atoms with Gasteiger partial charge in [0.1, 0.15) is 11.6 Å². The number of amides is 1. The molecule has 9 heteroatoms. The highest BCUT2D eigenvalue weighted by Gasteiger charge is 2.19. The summed E-state index contributed by atoms with van der Waals surface area (Å²) in [6.45, 7) is 3.09. The Morgan fingerprint density at radius 1 is 1.03 bits per heavy atom. The summed E-state index contributed by atoms with van der Waals surface area (Å²) in [5.74, 6) is -1.87. The number of hydrogen-bond donors (Lipinski definition) is 1. The number of aromatic nitrogens is 2. The number of hydrogen-bond acceptors (Lipinski definition) is 5.